The van der Waals surface area contributed by atoms with Crippen molar-refractivity contribution in [3.05, 3.63) is 53.8 Å². The van der Waals surface area contributed by atoms with Gasteiger partial charge in [0, 0.05) is 23.0 Å². The Morgan fingerprint density at radius 3 is 2.32 bits per heavy atom. The van der Waals surface area contributed by atoms with Crippen LogP contribution in [0.25, 0.3) is 22.5 Å². The molecule has 0 aliphatic carbocycles. The Kier molecular flexibility index (Phi) is 2.93. The quantitative estimate of drug-likeness (QED) is 0.773. The normalized spacial score (nSPS) is 10.6. The lowest BCUT2D eigenvalue weighted by Gasteiger charge is -2.02. The van der Waals surface area contributed by atoms with Gasteiger partial charge in [-0.3, -0.25) is 4.98 Å². The fraction of sp³-hybridized carbons (Fsp3) is 0. The van der Waals surface area contributed by atoms with Crippen molar-refractivity contribution in [3.8, 4) is 22.5 Å². The van der Waals surface area contributed by atoms with E-state index in [-0.39, 0.29) is 0 Å². The van der Waals surface area contributed by atoms with Crippen molar-refractivity contribution in [2.75, 3.05) is 5.73 Å². The lowest BCUT2D eigenvalue weighted by Crippen LogP contribution is -1.88. The molecule has 3 aromatic rings. The molecule has 0 spiro atoms. The second-order valence-electron chi connectivity index (χ2n) is 4.01. The molecule has 3 rings (SSSR count). The van der Waals surface area contributed by atoms with Gasteiger partial charge >= 0.3 is 0 Å². The summed E-state index contributed by atoms with van der Waals surface area (Å²) in [7, 11) is 0. The molecule has 0 saturated carbocycles. The van der Waals surface area contributed by atoms with Crippen molar-refractivity contribution >= 4 is 17.4 Å². The minimum absolute atomic E-state index is 0.356. The van der Waals surface area contributed by atoms with Gasteiger partial charge in [0.2, 0.25) is 0 Å². The zero-order chi connectivity index (χ0) is 13.2. The molecule has 1 aromatic carbocycles. The molecule has 2 aromatic heterocycles. The number of hydrogen-bond acceptors (Lipinski definition) is 4. The second-order valence-corrected chi connectivity index (χ2v) is 4.45. The van der Waals surface area contributed by atoms with Gasteiger partial charge in [0.05, 0.1) is 5.56 Å². The van der Waals surface area contributed by atoms with Gasteiger partial charge in [0.15, 0.2) is 11.6 Å². The molecular weight excluding hydrogens is 262 g/mol. The maximum absolute atomic E-state index is 5.90. The number of hydrogen-bond donors (Lipinski definition) is 1. The number of aromatic nitrogens is 2. The van der Waals surface area contributed by atoms with Crippen LogP contribution in [0, 0.1) is 0 Å². The van der Waals surface area contributed by atoms with Crippen molar-refractivity contribution in [1.82, 2.24) is 10.1 Å². The Morgan fingerprint density at radius 2 is 1.63 bits per heavy atom. The summed E-state index contributed by atoms with van der Waals surface area (Å²) in [6, 6.07) is 11.1. The van der Waals surface area contributed by atoms with Crippen LogP contribution in [0.5, 0.6) is 0 Å². The van der Waals surface area contributed by atoms with Crippen molar-refractivity contribution in [3.63, 3.8) is 0 Å². The molecule has 0 aliphatic heterocycles. The number of nitrogen functional groups attached to an aromatic ring is 1. The largest absolute Gasteiger partial charge is 0.380 e. The highest BCUT2D eigenvalue weighted by Crippen LogP contribution is 2.36. The number of halogens is 1. The van der Waals surface area contributed by atoms with E-state index in [2.05, 4.69) is 10.1 Å². The average molecular weight is 272 g/mol. The van der Waals surface area contributed by atoms with E-state index in [0.29, 0.717) is 16.6 Å². The maximum atomic E-state index is 5.90. The maximum Gasteiger partial charge on any atom is 0.177 e. The molecule has 0 atom stereocenters. The van der Waals surface area contributed by atoms with E-state index in [0.717, 1.165) is 16.7 Å². The average Bonchev–Trinajstić information content (AvgIpc) is 2.83. The number of pyridine rings is 1. The molecule has 0 unspecified atom stereocenters. The molecular formula is C14H10ClN3O. The summed E-state index contributed by atoms with van der Waals surface area (Å²) in [4.78, 5) is 3.98. The number of nitrogens with zero attached hydrogens (tertiary/aromatic N) is 2. The molecule has 5 heteroatoms. The highest BCUT2D eigenvalue weighted by Gasteiger charge is 2.17. The smallest absolute Gasteiger partial charge is 0.177 e. The summed E-state index contributed by atoms with van der Waals surface area (Å²) in [5.41, 5.74) is 8.45. The summed E-state index contributed by atoms with van der Waals surface area (Å²) in [6.07, 6.45) is 3.39. The highest BCUT2D eigenvalue weighted by atomic mass is 35.5. The SMILES string of the molecule is Nc1noc(-c2ccncc2)c1-c1ccc(Cl)cc1. The van der Waals surface area contributed by atoms with Crippen molar-refractivity contribution in [1.29, 1.82) is 0 Å². The first-order chi connectivity index (χ1) is 9.25. The fourth-order valence-electron chi connectivity index (χ4n) is 1.90. The van der Waals surface area contributed by atoms with Gasteiger partial charge in [0.25, 0.3) is 0 Å². The van der Waals surface area contributed by atoms with Crippen molar-refractivity contribution < 1.29 is 4.52 Å². The minimum atomic E-state index is 0.356. The van der Waals surface area contributed by atoms with Gasteiger partial charge in [-0.2, -0.15) is 0 Å². The van der Waals surface area contributed by atoms with E-state index in [1.54, 1.807) is 24.5 Å². The molecule has 4 nitrogen and oxygen atoms in total. The summed E-state index contributed by atoms with van der Waals surface area (Å²) in [5, 5.41) is 4.51. The Bertz CT molecular complexity index is 692. The zero-order valence-corrected chi connectivity index (χ0v) is 10.6. The van der Waals surface area contributed by atoms with Crippen LogP contribution in [0.3, 0.4) is 0 Å². The first kappa shape index (κ1) is 11.7. The van der Waals surface area contributed by atoms with Crippen LogP contribution in [0.1, 0.15) is 0 Å². The lowest BCUT2D eigenvalue weighted by molar-refractivity contribution is 0.436. The molecule has 0 fully saturated rings. The molecule has 0 aliphatic rings. The van der Waals surface area contributed by atoms with Gasteiger partial charge in [-0.15, -0.1) is 0 Å². The first-order valence-electron chi connectivity index (χ1n) is 5.67. The number of nitrogens with two attached hydrogens (primary N) is 1. The standard InChI is InChI=1S/C14H10ClN3O/c15-11-3-1-9(2-4-11)12-13(19-18-14(12)16)10-5-7-17-8-6-10/h1-8H,(H2,16,18). The van der Waals surface area contributed by atoms with E-state index < -0.39 is 0 Å². The third-order valence-electron chi connectivity index (χ3n) is 2.79. The summed E-state index contributed by atoms with van der Waals surface area (Å²) in [6.45, 7) is 0. The molecule has 19 heavy (non-hydrogen) atoms. The predicted molar refractivity (Wildman–Crippen MR) is 74.6 cm³/mol. The Morgan fingerprint density at radius 1 is 0.947 bits per heavy atom. The van der Waals surface area contributed by atoms with E-state index in [9.17, 15) is 0 Å². The van der Waals surface area contributed by atoms with Crippen LogP contribution in [0.15, 0.2) is 53.3 Å². The number of anilines is 1. The molecule has 2 heterocycles. The van der Waals surface area contributed by atoms with Gasteiger partial charge in [0.1, 0.15) is 0 Å². The Hall–Kier alpha value is -2.33. The molecule has 0 amide bonds. The minimum Gasteiger partial charge on any atom is -0.380 e. The van der Waals surface area contributed by atoms with Crippen molar-refractivity contribution in [2.45, 2.75) is 0 Å². The fourth-order valence-corrected chi connectivity index (χ4v) is 2.02. The summed E-state index contributed by atoms with van der Waals surface area (Å²) >= 11 is 5.89. The Balaban J connectivity index is 2.17. The zero-order valence-electron chi connectivity index (χ0n) is 9.88. The molecule has 0 radical (unpaired) electrons. The second kappa shape index (κ2) is 4.74. The van der Waals surface area contributed by atoms with Crippen LogP contribution in [0.2, 0.25) is 5.02 Å². The van der Waals surface area contributed by atoms with Gasteiger partial charge < -0.3 is 10.3 Å². The highest BCUT2D eigenvalue weighted by molar-refractivity contribution is 6.30. The van der Waals surface area contributed by atoms with E-state index in [4.69, 9.17) is 21.9 Å². The van der Waals surface area contributed by atoms with Gasteiger partial charge in [-0.1, -0.05) is 28.9 Å². The lowest BCUT2D eigenvalue weighted by atomic mass is 10.0. The number of benzene rings is 1. The topological polar surface area (TPSA) is 64.9 Å². The van der Waals surface area contributed by atoms with E-state index >= 15 is 0 Å². The number of rotatable bonds is 2. The predicted octanol–water partition coefficient (Wildman–Crippen LogP) is 3.64. The van der Waals surface area contributed by atoms with Crippen LogP contribution >= 0.6 is 11.6 Å². The Labute approximate surface area is 114 Å². The molecule has 0 bridgehead atoms. The summed E-state index contributed by atoms with van der Waals surface area (Å²) < 4.78 is 5.33. The van der Waals surface area contributed by atoms with Gasteiger partial charge in [-0.25, -0.2) is 0 Å². The molecule has 0 saturated heterocycles. The van der Waals surface area contributed by atoms with Crippen LogP contribution in [-0.2, 0) is 0 Å². The first-order valence-corrected chi connectivity index (χ1v) is 6.05. The van der Waals surface area contributed by atoms with Crippen LogP contribution in [0.4, 0.5) is 5.82 Å². The van der Waals surface area contributed by atoms with Crippen molar-refractivity contribution in [2.24, 2.45) is 0 Å². The third kappa shape index (κ3) is 2.18. The summed E-state index contributed by atoms with van der Waals surface area (Å²) in [5.74, 6) is 0.983. The van der Waals surface area contributed by atoms with Crippen LogP contribution in [-0.4, -0.2) is 10.1 Å². The van der Waals surface area contributed by atoms with E-state index in [1.165, 1.54) is 0 Å². The molecule has 94 valence electrons. The third-order valence-corrected chi connectivity index (χ3v) is 3.05. The van der Waals surface area contributed by atoms with Crippen LogP contribution < -0.4 is 5.73 Å². The van der Waals surface area contributed by atoms with E-state index in [1.807, 2.05) is 24.3 Å². The van der Waals surface area contributed by atoms with Gasteiger partial charge in [-0.05, 0) is 29.8 Å². The molecule has 2 N–H and O–H groups in total. The monoisotopic (exact) mass is 271 g/mol.